The van der Waals surface area contributed by atoms with Crippen molar-refractivity contribution in [2.45, 2.75) is 0 Å². The molecule has 0 saturated carbocycles. The van der Waals surface area contributed by atoms with Crippen molar-refractivity contribution < 1.29 is 4.12 Å². The van der Waals surface area contributed by atoms with Crippen LogP contribution in [0.1, 0.15) is 0 Å². The molecule has 0 aliphatic heterocycles. The van der Waals surface area contributed by atoms with Gasteiger partial charge in [-0.05, 0) is 38.6 Å². The average molecular weight is 347 g/mol. The molecule has 0 saturated heterocycles. The Kier molecular flexibility index (Phi) is 6.25. The molecule has 0 amide bonds. The summed E-state index contributed by atoms with van der Waals surface area (Å²) in [5.74, 6) is 0. The van der Waals surface area contributed by atoms with E-state index in [2.05, 4.69) is 44.2 Å². The molecule has 0 atom stereocenters. The van der Waals surface area contributed by atoms with Crippen LogP contribution in [0.25, 0.3) is 0 Å². The first-order chi connectivity index (χ1) is 11.2. The first kappa shape index (κ1) is 18.0. The van der Waals surface area contributed by atoms with E-state index in [9.17, 15) is 0 Å². The SMILES string of the molecule is CN[Si](NC)(O[Si](NC)(NC)c1ccccc1)c1ccccc1. The molecule has 0 aromatic heterocycles. The van der Waals surface area contributed by atoms with Gasteiger partial charge in [-0.15, -0.1) is 0 Å². The predicted molar refractivity (Wildman–Crippen MR) is 101 cm³/mol. The first-order valence-electron chi connectivity index (χ1n) is 7.73. The summed E-state index contributed by atoms with van der Waals surface area (Å²) in [5, 5.41) is 2.31. The summed E-state index contributed by atoms with van der Waals surface area (Å²) in [7, 11) is 2.71. The van der Waals surface area contributed by atoms with E-state index in [1.807, 2.05) is 64.6 Å². The molecule has 0 unspecified atom stereocenters. The van der Waals surface area contributed by atoms with Gasteiger partial charge in [-0.25, -0.2) is 0 Å². The first-order valence-corrected chi connectivity index (χ1v) is 11.5. The molecule has 23 heavy (non-hydrogen) atoms. The molecule has 5 nitrogen and oxygen atoms in total. The molecule has 4 N–H and O–H groups in total. The van der Waals surface area contributed by atoms with Gasteiger partial charge in [0, 0.05) is 0 Å². The zero-order valence-corrected chi connectivity index (χ0v) is 16.2. The molecule has 2 rings (SSSR count). The van der Waals surface area contributed by atoms with Gasteiger partial charge in [0.15, 0.2) is 0 Å². The van der Waals surface area contributed by atoms with E-state index in [1.54, 1.807) is 0 Å². The van der Waals surface area contributed by atoms with Crippen LogP contribution < -0.4 is 30.3 Å². The normalized spacial score (nSPS) is 12.3. The highest BCUT2D eigenvalue weighted by Gasteiger charge is 2.47. The minimum atomic E-state index is -2.54. The van der Waals surface area contributed by atoms with Crippen LogP contribution >= 0.6 is 0 Å². The van der Waals surface area contributed by atoms with E-state index < -0.39 is 17.3 Å². The molecule has 0 aliphatic carbocycles. The number of benzene rings is 2. The summed E-state index contributed by atoms with van der Waals surface area (Å²) in [6.45, 7) is 0. The fourth-order valence-electron chi connectivity index (χ4n) is 2.72. The second kappa shape index (κ2) is 7.98. The van der Waals surface area contributed by atoms with Gasteiger partial charge < -0.3 is 24.0 Å². The third-order valence-corrected chi connectivity index (χ3v) is 11.6. The van der Waals surface area contributed by atoms with Gasteiger partial charge in [0.25, 0.3) is 0 Å². The van der Waals surface area contributed by atoms with Crippen LogP contribution in [0.5, 0.6) is 0 Å². The monoisotopic (exact) mass is 346 g/mol. The van der Waals surface area contributed by atoms with Crippen LogP contribution in [0.4, 0.5) is 0 Å². The molecule has 2 aromatic rings. The van der Waals surface area contributed by atoms with Crippen molar-refractivity contribution in [3.63, 3.8) is 0 Å². The van der Waals surface area contributed by atoms with Gasteiger partial charge in [-0.1, -0.05) is 60.7 Å². The Hall–Kier alpha value is -1.33. The highest BCUT2D eigenvalue weighted by atomic mass is 28.4. The summed E-state index contributed by atoms with van der Waals surface area (Å²) in [4.78, 5) is 13.7. The molecule has 0 spiro atoms. The fourth-order valence-corrected chi connectivity index (χ4v) is 10.1. The van der Waals surface area contributed by atoms with Gasteiger partial charge in [-0.2, -0.15) is 0 Å². The van der Waals surface area contributed by atoms with Crippen molar-refractivity contribution in [2.24, 2.45) is 0 Å². The van der Waals surface area contributed by atoms with Crippen molar-refractivity contribution in [2.75, 3.05) is 28.2 Å². The minimum Gasteiger partial charge on any atom is -0.402 e. The summed E-state index contributed by atoms with van der Waals surface area (Å²) in [6, 6.07) is 20.6. The van der Waals surface area contributed by atoms with Crippen LogP contribution in [0.3, 0.4) is 0 Å². The van der Waals surface area contributed by atoms with E-state index in [1.165, 1.54) is 0 Å². The molecule has 0 aliphatic rings. The van der Waals surface area contributed by atoms with Crippen LogP contribution in [0, 0.1) is 0 Å². The standard InChI is InChI=1S/C16H26N4OSi2/c1-17-22(18-2,15-11-7-5-8-12-15)21-23(19-3,20-4)16-13-9-6-10-14-16/h5-14,17-20H,1-4H3. The Morgan fingerprint density at radius 3 is 1.13 bits per heavy atom. The Labute approximate surface area is 141 Å². The second-order valence-corrected chi connectivity index (χ2v) is 11.9. The zero-order chi connectivity index (χ0) is 16.8. The lowest BCUT2D eigenvalue weighted by molar-refractivity contribution is 0.487. The molecule has 0 fully saturated rings. The smallest absolute Gasteiger partial charge is 0.377 e. The van der Waals surface area contributed by atoms with Crippen molar-refractivity contribution >= 4 is 27.7 Å². The highest BCUT2D eigenvalue weighted by molar-refractivity contribution is 6.94. The van der Waals surface area contributed by atoms with Gasteiger partial charge in [-0.3, -0.25) is 0 Å². The molecule has 0 radical (unpaired) electrons. The average Bonchev–Trinajstić information content (AvgIpc) is 2.65. The lowest BCUT2D eigenvalue weighted by Gasteiger charge is -2.40. The Morgan fingerprint density at radius 2 is 0.870 bits per heavy atom. The molecule has 7 heteroatoms. The van der Waals surface area contributed by atoms with Gasteiger partial charge in [0.05, 0.1) is 0 Å². The molecule has 0 bridgehead atoms. The topological polar surface area (TPSA) is 57.4 Å². The van der Waals surface area contributed by atoms with Gasteiger partial charge >= 0.3 is 17.3 Å². The van der Waals surface area contributed by atoms with Gasteiger partial charge in [0.1, 0.15) is 0 Å². The maximum Gasteiger partial charge on any atom is 0.377 e. The maximum absolute atomic E-state index is 6.83. The second-order valence-electron chi connectivity index (χ2n) is 5.20. The predicted octanol–water partition coefficient (Wildman–Crippen LogP) is -0.427. The molecule has 0 heterocycles. The zero-order valence-electron chi connectivity index (χ0n) is 14.2. The number of hydrogen-bond donors (Lipinski definition) is 4. The van der Waals surface area contributed by atoms with E-state index >= 15 is 0 Å². The van der Waals surface area contributed by atoms with Crippen molar-refractivity contribution in [3.8, 4) is 0 Å². The number of rotatable bonds is 8. The summed E-state index contributed by atoms with van der Waals surface area (Å²) < 4.78 is 6.83. The van der Waals surface area contributed by atoms with E-state index in [0.29, 0.717) is 0 Å². The van der Waals surface area contributed by atoms with Crippen LogP contribution in [-0.2, 0) is 4.12 Å². The third-order valence-electron chi connectivity index (χ3n) is 4.08. The Bertz CT molecular complexity index is 536. The quantitative estimate of drug-likeness (QED) is 0.489. The van der Waals surface area contributed by atoms with E-state index in [-0.39, 0.29) is 0 Å². The highest BCUT2D eigenvalue weighted by Crippen LogP contribution is 2.07. The largest absolute Gasteiger partial charge is 0.402 e. The lowest BCUT2D eigenvalue weighted by Crippen LogP contribution is -2.82. The van der Waals surface area contributed by atoms with E-state index in [4.69, 9.17) is 4.12 Å². The number of nitrogens with one attached hydrogen (secondary N) is 4. The van der Waals surface area contributed by atoms with Crippen molar-refractivity contribution in [3.05, 3.63) is 60.7 Å². The lowest BCUT2D eigenvalue weighted by atomic mass is 10.4. The fraction of sp³-hybridized carbons (Fsp3) is 0.250. The van der Waals surface area contributed by atoms with Crippen molar-refractivity contribution in [1.29, 1.82) is 0 Å². The van der Waals surface area contributed by atoms with Crippen LogP contribution in [-0.4, -0.2) is 45.5 Å². The Morgan fingerprint density at radius 1 is 0.565 bits per heavy atom. The van der Waals surface area contributed by atoms with Crippen molar-refractivity contribution in [1.82, 2.24) is 19.9 Å². The minimum absolute atomic E-state index is 1.16. The number of hydrogen-bond acceptors (Lipinski definition) is 5. The maximum atomic E-state index is 6.83. The Balaban J connectivity index is 2.48. The summed E-state index contributed by atoms with van der Waals surface area (Å²) >= 11 is 0. The summed E-state index contributed by atoms with van der Waals surface area (Å²) in [6.07, 6.45) is 0. The molecule has 2 aromatic carbocycles. The van der Waals surface area contributed by atoms with E-state index in [0.717, 1.165) is 10.4 Å². The summed E-state index contributed by atoms with van der Waals surface area (Å²) in [5.41, 5.74) is 0. The molecule has 124 valence electrons. The molecular formula is C16H26N4OSi2. The third kappa shape index (κ3) is 3.61. The van der Waals surface area contributed by atoms with Crippen LogP contribution in [0.2, 0.25) is 0 Å². The van der Waals surface area contributed by atoms with Crippen LogP contribution in [0.15, 0.2) is 60.7 Å². The van der Waals surface area contributed by atoms with Gasteiger partial charge in [0.2, 0.25) is 0 Å². The molecular weight excluding hydrogens is 320 g/mol.